The highest BCUT2D eigenvalue weighted by Crippen LogP contribution is 2.26. The summed E-state index contributed by atoms with van der Waals surface area (Å²) in [4.78, 5) is 8.55. The van der Waals surface area contributed by atoms with Crippen molar-refractivity contribution < 1.29 is 4.42 Å². The third-order valence-corrected chi connectivity index (χ3v) is 4.43. The Morgan fingerprint density at radius 2 is 2.04 bits per heavy atom. The van der Waals surface area contributed by atoms with Crippen molar-refractivity contribution in [3.8, 4) is 16.5 Å². The molecule has 0 saturated heterocycles. The largest absolute Gasteiger partial charge is 0.459 e. The minimum absolute atomic E-state index is 0.666. The van der Waals surface area contributed by atoms with Crippen LogP contribution < -0.4 is 5.32 Å². The van der Waals surface area contributed by atoms with E-state index >= 15 is 0 Å². The maximum absolute atomic E-state index is 5.61. The molecule has 24 heavy (non-hydrogen) atoms. The maximum atomic E-state index is 5.61. The topological polar surface area (TPSA) is 68.8 Å². The van der Waals surface area contributed by atoms with Gasteiger partial charge in [0.15, 0.2) is 10.8 Å². The molecule has 0 atom stereocenters. The number of hydrogen-bond acceptors (Lipinski definition) is 6. The Morgan fingerprint density at radius 1 is 1.17 bits per heavy atom. The highest BCUT2D eigenvalue weighted by atomic mass is 32.1. The van der Waals surface area contributed by atoms with E-state index in [2.05, 4.69) is 20.4 Å². The van der Waals surface area contributed by atoms with E-state index in [4.69, 9.17) is 4.42 Å². The third kappa shape index (κ3) is 3.07. The Bertz CT molecular complexity index is 924. The second-order valence-corrected chi connectivity index (χ2v) is 6.15. The van der Waals surface area contributed by atoms with Gasteiger partial charge in [0.2, 0.25) is 0 Å². The highest BCUT2D eigenvalue weighted by Gasteiger charge is 2.08. The minimum Gasteiger partial charge on any atom is -0.459 e. The Labute approximate surface area is 142 Å². The molecule has 4 rings (SSSR count). The van der Waals surface area contributed by atoms with Crippen LogP contribution in [0.3, 0.4) is 0 Å². The number of anilines is 1. The van der Waals surface area contributed by atoms with Gasteiger partial charge in [-0.2, -0.15) is 5.10 Å². The molecule has 6 nitrogen and oxygen atoms in total. The number of benzene rings is 1. The smallest absolute Gasteiger partial charge is 0.162 e. The summed E-state index contributed by atoms with van der Waals surface area (Å²) in [5.74, 6) is 1.72. The molecule has 3 heterocycles. The molecular formula is C17H15N5OS. The zero-order chi connectivity index (χ0) is 16.4. The lowest BCUT2D eigenvalue weighted by Gasteiger charge is -2.06. The quantitative estimate of drug-likeness (QED) is 0.598. The summed E-state index contributed by atoms with van der Waals surface area (Å²) in [6.45, 7) is 2.60. The first-order valence-corrected chi connectivity index (χ1v) is 8.36. The number of aromatic nitrogens is 4. The van der Waals surface area contributed by atoms with Crippen LogP contribution in [0.15, 0.2) is 58.9 Å². The summed E-state index contributed by atoms with van der Waals surface area (Å²) in [7, 11) is 0. The second-order valence-electron chi connectivity index (χ2n) is 5.29. The van der Waals surface area contributed by atoms with Gasteiger partial charge in [-0.05, 0) is 43.3 Å². The molecule has 0 aliphatic carbocycles. The maximum Gasteiger partial charge on any atom is 0.162 e. The molecule has 0 aliphatic rings. The van der Waals surface area contributed by atoms with E-state index in [1.807, 2.05) is 48.7 Å². The molecule has 0 saturated carbocycles. The van der Waals surface area contributed by atoms with Crippen LogP contribution in [-0.2, 0) is 6.54 Å². The number of nitrogens with zero attached hydrogens (tertiary/aromatic N) is 4. The van der Waals surface area contributed by atoms with Gasteiger partial charge in [-0.25, -0.2) is 14.6 Å². The lowest BCUT2D eigenvalue weighted by molar-refractivity contribution is 0.548. The molecule has 1 aromatic carbocycles. The lowest BCUT2D eigenvalue weighted by Crippen LogP contribution is -2.00. The summed E-state index contributed by atoms with van der Waals surface area (Å²) in [6.07, 6.45) is 3.20. The van der Waals surface area contributed by atoms with Gasteiger partial charge in [-0.3, -0.25) is 0 Å². The summed E-state index contributed by atoms with van der Waals surface area (Å²) in [5, 5.41) is 10.4. The van der Waals surface area contributed by atoms with E-state index < -0.39 is 0 Å². The number of nitrogens with one attached hydrogen (secondary N) is 1. The molecule has 7 heteroatoms. The van der Waals surface area contributed by atoms with Gasteiger partial charge in [-0.15, -0.1) is 11.3 Å². The van der Waals surface area contributed by atoms with Crippen LogP contribution in [0.4, 0.5) is 5.69 Å². The normalized spacial score (nSPS) is 10.9. The van der Waals surface area contributed by atoms with Gasteiger partial charge < -0.3 is 9.73 Å². The molecule has 4 aromatic rings. The van der Waals surface area contributed by atoms with Crippen molar-refractivity contribution in [2.45, 2.75) is 13.5 Å². The predicted molar refractivity (Wildman–Crippen MR) is 93.2 cm³/mol. The Hall–Kier alpha value is -2.93. The molecule has 120 valence electrons. The van der Waals surface area contributed by atoms with Crippen molar-refractivity contribution in [1.29, 1.82) is 0 Å². The predicted octanol–water partition coefficient (Wildman–Crippen LogP) is 3.90. The molecule has 1 N–H and O–H groups in total. The third-order valence-electron chi connectivity index (χ3n) is 3.53. The summed E-state index contributed by atoms with van der Waals surface area (Å²) in [5.41, 5.74) is 2.99. The molecule has 0 unspecified atom stereocenters. The van der Waals surface area contributed by atoms with Crippen LogP contribution >= 0.6 is 11.3 Å². The van der Waals surface area contributed by atoms with E-state index in [1.165, 1.54) is 6.33 Å². The molecule has 0 aliphatic heterocycles. The van der Waals surface area contributed by atoms with Gasteiger partial charge in [0.05, 0.1) is 17.9 Å². The van der Waals surface area contributed by atoms with E-state index in [-0.39, 0.29) is 0 Å². The van der Waals surface area contributed by atoms with E-state index in [9.17, 15) is 0 Å². The fourth-order valence-corrected chi connectivity index (χ4v) is 3.10. The number of hydrogen-bond donors (Lipinski definition) is 1. The van der Waals surface area contributed by atoms with Gasteiger partial charge in [0.1, 0.15) is 18.4 Å². The van der Waals surface area contributed by atoms with Crippen LogP contribution in [0.25, 0.3) is 16.5 Å². The SMILES string of the molecule is Cc1ccc(-c2nc(CNc3ccc(-n4cncn4)cc3)cs2)o1. The van der Waals surface area contributed by atoms with Crippen molar-refractivity contribution in [2.75, 3.05) is 5.32 Å². The van der Waals surface area contributed by atoms with Gasteiger partial charge in [-0.1, -0.05) is 0 Å². The van der Waals surface area contributed by atoms with Crippen molar-refractivity contribution in [3.05, 3.63) is 65.9 Å². The Balaban J connectivity index is 1.41. The molecule has 0 fully saturated rings. The number of aryl methyl sites for hydroxylation is 1. The molecule has 0 amide bonds. The van der Waals surface area contributed by atoms with Crippen molar-refractivity contribution in [3.63, 3.8) is 0 Å². The number of rotatable bonds is 5. The van der Waals surface area contributed by atoms with Crippen LogP contribution in [0.2, 0.25) is 0 Å². The van der Waals surface area contributed by atoms with Gasteiger partial charge in [0.25, 0.3) is 0 Å². The van der Waals surface area contributed by atoms with Gasteiger partial charge in [0, 0.05) is 11.1 Å². The van der Waals surface area contributed by atoms with E-state index in [0.29, 0.717) is 6.54 Å². The summed E-state index contributed by atoms with van der Waals surface area (Å²) >= 11 is 1.59. The van der Waals surface area contributed by atoms with Gasteiger partial charge >= 0.3 is 0 Å². The molecule has 0 radical (unpaired) electrons. The van der Waals surface area contributed by atoms with Crippen molar-refractivity contribution >= 4 is 17.0 Å². The fraction of sp³-hybridized carbons (Fsp3) is 0.118. The zero-order valence-electron chi connectivity index (χ0n) is 13.0. The number of thiazole rings is 1. The zero-order valence-corrected chi connectivity index (χ0v) is 13.8. The van der Waals surface area contributed by atoms with Crippen LogP contribution in [-0.4, -0.2) is 19.7 Å². The highest BCUT2D eigenvalue weighted by molar-refractivity contribution is 7.13. The first-order chi connectivity index (χ1) is 11.8. The average molecular weight is 337 g/mol. The number of furan rings is 1. The molecule has 3 aromatic heterocycles. The van der Waals surface area contributed by atoms with Crippen LogP contribution in [0.1, 0.15) is 11.5 Å². The molecule has 0 bridgehead atoms. The fourth-order valence-electron chi connectivity index (χ4n) is 2.32. The van der Waals surface area contributed by atoms with Crippen LogP contribution in [0, 0.1) is 6.92 Å². The Morgan fingerprint density at radius 3 is 2.75 bits per heavy atom. The first kappa shape index (κ1) is 14.6. The van der Waals surface area contributed by atoms with Crippen molar-refractivity contribution in [1.82, 2.24) is 19.7 Å². The second kappa shape index (κ2) is 6.29. The average Bonchev–Trinajstić information content (AvgIpc) is 3.35. The molecule has 0 spiro atoms. The Kier molecular flexibility index (Phi) is 3.84. The first-order valence-electron chi connectivity index (χ1n) is 7.48. The summed E-state index contributed by atoms with van der Waals surface area (Å²) in [6, 6.07) is 11.9. The van der Waals surface area contributed by atoms with E-state index in [1.54, 1.807) is 22.3 Å². The van der Waals surface area contributed by atoms with Crippen molar-refractivity contribution in [2.24, 2.45) is 0 Å². The van der Waals surface area contributed by atoms with E-state index in [0.717, 1.165) is 33.6 Å². The standard InChI is InChI=1S/C17H15N5OS/c1-12-2-7-16(23-12)17-21-14(9-24-17)8-19-13-3-5-15(6-4-13)22-11-18-10-20-22/h2-7,9-11,19H,8H2,1H3. The summed E-state index contributed by atoms with van der Waals surface area (Å²) < 4.78 is 7.33. The van der Waals surface area contributed by atoms with Crippen LogP contribution in [0.5, 0.6) is 0 Å². The lowest BCUT2D eigenvalue weighted by atomic mass is 10.3. The molecular weight excluding hydrogens is 322 g/mol. The minimum atomic E-state index is 0.666. The monoisotopic (exact) mass is 337 g/mol.